The van der Waals surface area contributed by atoms with E-state index in [1.54, 1.807) is 16.8 Å². The van der Waals surface area contributed by atoms with Crippen LogP contribution >= 0.6 is 0 Å². The molecule has 150 valence electrons. The Morgan fingerprint density at radius 3 is 2.76 bits per heavy atom. The third kappa shape index (κ3) is 4.01. The Morgan fingerprint density at radius 2 is 2.00 bits per heavy atom. The molecule has 6 heteroatoms. The van der Waals surface area contributed by atoms with Gasteiger partial charge in [0.2, 0.25) is 5.91 Å². The van der Waals surface area contributed by atoms with Crippen LogP contribution in [0.1, 0.15) is 35.0 Å². The quantitative estimate of drug-likeness (QED) is 0.717. The topological polar surface area (TPSA) is 56.2 Å². The second kappa shape index (κ2) is 7.70. The molecule has 29 heavy (non-hydrogen) atoms. The number of hydrogen-bond acceptors (Lipinski definition) is 3. The number of amides is 1. The molecule has 0 aliphatic carbocycles. The maximum absolute atomic E-state index is 13.2. The standard InChI is InChI=1S/C23H24FN3O2/c1-14-10-18-11-17(4-9-22(18)29-14)12-23(28)25-13-21-15(2)26-27(16(21)3)20-7-5-19(24)6-8-20/h4-9,11,14H,10,12-13H2,1-3H3,(H,25,28)/t14-/m0/s1. The number of hydrogen-bond donors (Lipinski definition) is 1. The molecule has 5 nitrogen and oxygen atoms in total. The molecule has 2 heterocycles. The first-order valence-electron chi connectivity index (χ1n) is 9.77. The Morgan fingerprint density at radius 1 is 1.24 bits per heavy atom. The summed E-state index contributed by atoms with van der Waals surface area (Å²) in [6, 6.07) is 12.2. The van der Waals surface area contributed by atoms with Crippen molar-refractivity contribution in [1.82, 2.24) is 15.1 Å². The van der Waals surface area contributed by atoms with Crippen molar-refractivity contribution in [3.8, 4) is 11.4 Å². The average molecular weight is 393 g/mol. The van der Waals surface area contributed by atoms with E-state index < -0.39 is 0 Å². The van der Waals surface area contributed by atoms with Crippen molar-refractivity contribution in [3.63, 3.8) is 0 Å². The van der Waals surface area contributed by atoms with E-state index in [-0.39, 0.29) is 17.8 Å². The molecular weight excluding hydrogens is 369 g/mol. The van der Waals surface area contributed by atoms with Gasteiger partial charge in [-0.05, 0) is 62.2 Å². The fourth-order valence-electron chi connectivity index (χ4n) is 3.78. The van der Waals surface area contributed by atoms with Gasteiger partial charge in [-0.1, -0.05) is 12.1 Å². The molecule has 1 aliphatic heterocycles. The summed E-state index contributed by atoms with van der Waals surface area (Å²) in [5.41, 5.74) is 5.68. The number of aryl methyl sites for hydroxylation is 1. The second-order valence-electron chi connectivity index (χ2n) is 7.57. The number of rotatable bonds is 5. The number of benzene rings is 2. The van der Waals surface area contributed by atoms with Gasteiger partial charge in [0.1, 0.15) is 17.7 Å². The van der Waals surface area contributed by atoms with Crippen molar-refractivity contribution >= 4 is 5.91 Å². The van der Waals surface area contributed by atoms with Gasteiger partial charge in [-0.3, -0.25) is 4.79 Å². The first-order chi connectivity index (χ1) is 13.9. The number of halogens is 1. The van der Waals surface area contributed by atoms with Gasteiger partial charge in [-0.2, -0.15) is 5.10 Å². The molecule has 0 unspecified atom stereocenters. The van der Waals surface area contributed by atoms with E-state index in [2.05, 4.69) is 16.5 Å². The maximum atomic E-state index is 13.2. The van der Waals surface area contributed by atoms with Crippen LogP contribution in [0, 0.1) is 19.7 Å². The minimum absolute atomic E-state index is 0.0368. The van der Waals surface area contributed by atoms with Crippen molar-refractivity contribution < 1.29 is 13.9 Å². The van der Waals surface area contributed by atoms with Crippen molar-refractivity contribution in [2.24, 2.45) is 0 Å². The molecule has 0 saturated carbocycles. The molecule has 4 rings (SSSR count). The summed E-state index contributed by atoms with van der Waals surface area (Å²) < 4.78 is 20.7. The minimum Gasteiger partial charge on any atom is -0.490 e. The van der Waals surface area contributed by atoms with Gasteiger partial charge in [-0.25, -0.2) is 9.07 Å². The van der Waals surface area contributed by atoms with Gasteiger partial charge in [0.25, 0.3) is 0 Å². The zero-order valence-corrected chi connectivity index (χ0v) is 16.8. The fraction of sp³-hybridized carbons (Fsp3) is 0.304. The number of nitrogens with one attached hydrogen (secondary N) is 1. The van der Waals surface area contributed by atoms with Crippen molar-refractivity contribution in [2.45, 2.75) is 46.3 Å². The molecule has 2 aromatic carbocycles. The number of carbonyl (C=O) groups is 1. The number of aromatic nitrogens is 2. The van der Waals surface area contributed by atoms with E-state index in [0.29, 0.717) is 13.0 Å². The van der Waals surface area contributed by atoms with Crippen LogP contribution in [0.4, 0.5) is 4.39 Å². The summed E-state index contributed by atoms with van der Waals surface area (Å²) in [5.74, 6) is 0.599. The lowest BCUT2D eigenvalue weighted by Crippen LogP contribution is -2.25. The molecule has 1 amide bonds. The van der Waals surface area contributed by atoms with Crippen LogP contribution in [0.2, 0.25) is 0 Å². The first-order valence-corrected chi connectivity index (χ1v) is 9.77. The van der Waals surface area contributed by atoms with Gasteiger partial charge in [0.05, 0.1) is 17.8 Å². The van der Waals surface area contributed by atoms with E-state index in [0.717, 1.165) is 45.9 Å². The van der Waals surface area contributed by atoms with Crippen LogP contribution in [-0.4, -0.2) is 21.8 Å². The molecule has 1 aliphatic rings. The molecular formula is C23H24FN3O2. The lowest BCUT2D eigenvalue weighted by Gasteiger charge is -2.08. The third-order valence-electron chi connectivity index (χ3n) is 5.30. The van der Waals surface area contributed by atoms with Crippen molar-refractivity contribution in [3.05, 3.63) is 76.4 Å². The highest BCUT2D eigenvalue weighted by atomic mass is 19.1. The lowest BCUT2D eigenvalue weighted by molar-refractivity contribution is -0.120. The monoisotopic (exact) mass is 393 g/mol. The third-order valence-corrected chi connectivity index (χ3v) is 5.30. The average Bonchev–Trinajstić information content (AvgIpc) is 3.19. The van der Waals surface area contributed by atoms with Crippen LogP contribution < -0.4 is 10.1 Å². The van der Waals surface area contributed by atoms with Crippen molar-refractivity contribution in [1.29, 1.82) is 0 Å². The number of ether oxygens (including phenoxy) is 1. The number of carbonyl (C=O) groups excluding carboxylic acids is 1. The van der Waals surface area contributed by atoms with E-state index in [9.17, 15) is 9.18 Å². The summed E-state index contributed by atoms with van der Waals surface area (Å²) in [7, 11) is 0. The summed E-state index contributed by atoms with van der Waals surface area (Å²) in [5, 5.41) is 7.54. The first kappa shape index (κ1) is 19.2. The van der Waals surface area contributed by atoms with Gasteiger partial charge < -0.3 is 10.1 Å². The van der Waals surface area contributed by atoms with Crippen LogP contribution in [0.5, 0.6) is 5.75 Å². The van der Waals surface area contributed by atoms with Gasteiger partial charge in [-0.15, -0.1) is 0 Å². The molecule has 1 aromatic heterocycles. The van der Waals surface area contributed by atoms with Crippen LogP contribution in [0.25, 0.3) is 5.69 Å². The zero-order valence-electron chi connectivity index (χ0n) is 16.8. The highest BCUT2D eigenvalue weighted by Gasteiger charge is 2.19. The Labute approximate surface area is 169 Å². The van der Waals surface area contributed by atoms with Gasteiger partial charge in [0.15, 0.2) is 0 Å². The fourth-order valence-corrected chi connectivity index (χ4v) is 3.78. The molecule has 0 fully saturated rings. The predicted octanol–water partition coefficient (Wildman–Crippen LogP) is 3.81. The Hall–Kier alpha value is -3.15. The number of nitrogens with zero attached hydrogens (tertiary/aromatic N) is 2. The molecule has 1 atom stereocenters. The highest BCUT2D eigenvalue weighted by Crippen LogP contribution is 2.29. The Bertz CT molecular complexity index is 1060. The van der Waals surface area contributed by atoms with Crippen LogP contribution in [0.3, 0.4) is 0 Å². The van der Waals surface area contributed by atoms with Crippen molar-refractivity contribution in [2.75, 3.05) is 0 Å². The van der Waals surface area contributed by atoms with E-state index >= 15 is 0 Å². The molecule has 3 aromatic rings. The normalized spacial score (nSPS) is 15.1. The summed E-state index contributed by atoms with van der Waals surface area (Å²) >= 11 is 0. The zero-order chi connectivity index (χ0) is 20.5. The SMILES string of the molecule is Cc1nn(-c2ccc(F)cc2)c(C)c1CNC(=O)Cc1ccc2c(c1)C[C@H](C)O2. The largest absolute Gasteiger partial charge is 0.490 e. The molecule has 0 saturated heterocycles. The van der Waals surface area contributed by atoms with Gasteiger partial charge in [0, 0.05) is 24.2 Å². The van der Waals surface area contributed by atoms with Crippen LogP contribution in [-0.2, 0) is 24.2 Å². The molecule has 0 bridgehead atoms. The minimum atomic E-state index is -0.282. The van der Waals surface area contributed by atoms with Gasteiger partial charge >= 0.3 is 0 Å². The lowest BCUT2D eigenvalue weighted by atomic mass is 10.0. The Kier molecular flexibility index (Phi) is 5.09. The van der Waals surface area contributed by atoms with E-state index in [1.165, 1.54) is 12.1 Å². The molecule has 1 N–H and O–H groups in total. The summed E-state index contributed by atoms with van der Waals surface area (Å²) in [6.07, 6.45) is 1.40. The van der Waals surface area contributed by atoms with Crippen LogP contribution in [0.15, 0.2) is 42.5 Å². The molecule has 0 radical (unpaired) electrons. The summed E-state index contributed by atoms with van der Waals surface area (Å²) in [6.45, 7) is 6.31. The highest BCUT2D eigenvalue weighted by molar-refractivity contribution is 5.78. The molecule has 0 spiro atoms. The second-order valence-corrected chi connectivity index (χ2v) is 7.57. The smallest absolute Gasteiger partial charge is 0.224 e. The van der Waals surface area contributed by atoms with E-state index in [4.69, 9.17) is 4.74 Å². The Balaban J connectivity index is 1.42. The number of fused-ring (bicyclic) bond motifs is 1. The maximum Gasteiger partial charge on any atom is 0.224 e. The van der Waals surface area contributed by atoms with E-state index in [1.807, 2.05) is 32.9 Å². The predicted molar refractivity (Wildman–Crippen MR) is 109 cm³/mol. The summed E-state index contributed by atoms with van der Waals surface area (Å²) in [4.78, 5) is 12.5.